The summed E-state index contributed by atoms with van der Waals surface area (Å²) in [6.45, 7) is -0.239. The van der Waals surface area contributed by atoms with Crippen molar-refractivity contribution in [3.63, 3.8) is 0 Å². The number of hydrogen-bond donors (Lipinski definition) is 4. The van der Waals surface area contributed by atoms with Crippen molar-refractivity contribution in [1.82, 2.24) is 19.5 Å². The zero-order valence-electron chi connectivity index (χ0n) is 12.3. The molecule has 0 spiro atoms. The Hall–Kier alpha value is -1.27. The number of aliphatic hydroxyl groups excluding tert-OH is 2. The second-order valence-corrected chi connectivity index (χ2v) is 7.70. The fourth-order valence-corrected chi connectivity index (χ4v) is 3.98. The molecule has 6 atom stereocenters. The zero-order valence-corrected chi connectivity index (χ0v) is 14.9. The summed E-state index contributed by atoms with van der Waals surface area (Å²) in [5.74, 6) is 0.170. The van der Waals surface area contributed by atoms with Gasteiger partial charge in [-0.15, -0.1) is 9.42 Å². The van der Waals surface area contributed by atoms with Crippen molar-refractivity contribution in [3.8, 4) is 0 Å². The molecule has 0 amide bonds. The maximum atomic E-state index is 10.5. The Bertz CT molecular complexity index is 822. The minimum absolute atomic E-state index is 0.170. The SMILES string of the molecule is Nc1ncnc2c1ncn2[C@@H]1O[C@H](CO[P+](=S)O[P+](=O)O)[C@@H](O)[C@H]1O. The molecule has 5 N–H and O–H groups in total. The Morgan fingerprint density at radius 2 is 2.12 bits per heavy atom. The Labute approximate surface area is 147 Å². The van der Waals surface area contributed by atoms with E-state index in [-0.39, 0.29) is 12.4 Å². The predicted molar refractivity (Wildman–Crippen MR) is 86.8 cm³/mol. The molecule has 3 heterocycles. The van der Waals surface area contributed by atoms with E-state index in [2.05, 4.69) is 19.3 Å². The predicted octanol–water partition coefficient (Wildman–Crippen LogP) is -0.516. The van der Waals surface area contributed by atoms with Crippen LogP contribution >= 0.6 is 15.4 Å². The molecule has 134 valence electrons. The number of aromatic nitrogens is 4. The zero-order chi connectivity index (χ0) is 18.1. The van der Waals surface area contributed by atoms with Crippen LogP contribution in [-0.4, -0.2) is 59.5 Å². The second-order valence-electron chi connectivity index (χ2n) is 4.97. The lowest BCUT2D eigenvalue weighted by Crippen LogP contribution is -2.33. The average molecular weight is 409 g/mol. The molecule has 0 radical (unpaired) electrons. The highest BCUT2D eigenvalue weighted by Gasteiger charge is 2.46. The number of fused-ring (bicyclic) bond motifs is 1. The van der Waals surface area contributed by atoms with Gasteiger partial charge in [0.25, 0.3) is 0 Å². The van der Waals surface area contributed by atoms with E-state index in [1.165, 1.54) is 17.2 Å². The molecule has 1 fully saturated rings. The van der Waals surface area contributed by atoms with Gasteiger partial charge in [-0.1, -0.05) is 0 Å². The quantitative estimate of drug-likeness (QED) is 0.450. The molecule has 0 bridgehead atoms. The van der Waals surface area contributed by atoms with Crippen molar-refractivity contribution in [2.24, 2.45) is 0 Å². The largest absolute Gasteiger partial charge is 0.742 e. The van der Waals surface area contributed by atoms with Crippen LogP contribution in [0.1, 0.15) is 6.23 Å². The maximum Gasteiger partial charge on any atom is 0.742 e. The lowest BCUT2D eigenvalue weighted by atomic mass is 10.1. The molecule has 0 aromatic carbocycles. The highest BCUT2D eigenvalue weighted by Crippen LogP contribution is 2.38. The van der Waals surface area contributed by atoms with Gasteiger partial charge in [0.1, 0.15) is 41.1 Å². The van der Waals surface area contributed by atoms with E-state index < -0.39 is 39.9 Å². The third-order valence-electron chi connectivity index (χ3n) is 3.48. The van der Waals surface area contributed by atoms with Crippen LogP contribution in [0.2, 0.25) is 0 Å². The number of nitrogens with zero attached hydrogens (tertiary/aromatic N) is 4. The topological polar surface area (TPSA) is 175 Å². The highest BCUT2D eigenvalue weighted by atomic mass is 32.4. The first kappa shape index (κ1) is 18.5. The third-order valence-corrected chi connectivity index (χ3v) is 5.85. The number of nitrogens with two attached hydrogens (primary N) is 1. The molecule has 0 saturated carbocycles. The molecule has 15 heteroatoms. The summed E-state index contributed by atoms with van der Waals surface area (Å²) < 4.78 is 27.0. The molecule has 2 aromatic rings. The van der Waals surface area contributed by atoms with E-state index in [9.17, 15) is 14.8 Å². The van der Waals surface area contributed by atoms with E-state index in [0.717, 1.165) is 0 Å². The standard InChI is InChI=1S/C10H12N5O7P2S/c11-8-5-9(13-2-12-8)15(3-14-5)10-7(17)6(16)4(21-10)1-20-24(25)22-23(18)19/h2-4,6-7,10,16-17H,1H2,(H2-,11,12,13,18,19)/q+1/p+1/t4-,6-,7-,10-/m1/s1. The summed E-state index contributed by atoms with van der Waals surface area (Å²) >= 11 is 4.73. The van der Waals surface area contributed by atoms with Crippen molar-refractivity contribution < 1.29 is 33.2 Å². The van der Waals surface area contributed by atoms with Crippen LogP contribution in [0.4, 0.5) is 5.82 Å². The maximum absolute atomic E-state index is 10.5. The smallest absolute Gasteiger partial charge is 0.387 e. The Morgan fingerprint density at radius 1 is 1.36 bits per heavy atom. The average Bonchev–Trinajstić information content (AvgIpc) is 3.09. The van der Waals surface area contributed by atoms with Crippen molar-refractivity contribution >= 4 is 44.2 Å². The Morgan fingerprint density at radius 3 is 2.84 bits per heavy atom. The van der Waals surface area contributed by atoms with Gasteiger partial charge in [-0.2, -0.15) is 0 Å². The van der Waals surface area contributed by atoms with Crippen LogP contribution < -0.4 is 5.73 Å². The minimum Gasteiger partial charge on any atom is -0.387 e. The fourth-order valence-electron chi connectivity index (χ4n) is 2.37. The number of imidazole rings is 1. The second kappa shape index (κ2) is 7.54. The van der Waals surface area contributed by atoms with E-state index in [1.807, 2.05) is 0 Å². The van der Waals surface area contributed by atoms with Crippen molar-refractivity contribution in [2.45, 2.75) is 24.5 Å². The van der Waals surface area contributed by atoms with E-state index in [4.69, 9.17) is 31.7 Å². The molecule has 12 nitrogen and oxygen atoms in total. The fraction of sp³-hybridized carbons (Fsp3) is 0.500. The molecule has 2 aromatic heterocycles. The van der Waals surface area contributed by atoms with Gasteiger partial charge >= 0.3 is 15.4 Å². The number of hydrogen-bond acceptors (Lipinski definition) is 11. The summed E-state index contributed by atoms with van der Waals surface area (Å²) in [4.78, 5) is 20.5. The van der Waals surface area contributed by atoms with Gasteiger partial charge in [-0.05, 0) is 0 Å². The molecular weight excluding hydrogens is 396 g/mol. The number of anilines is 1. The first-order valence-corrected chi connectivity index (χ1v) is 10.1. The third kappa shape index (κ3) is 3.80. The van der Waals surface area contributed by atoms with Crippen LogP contribution in [0.5, 0.6) is 0 Å². The van der Waals surface area contributed by atoms with E-state index in [1.54, 1.807) is 0 Å². The molecule has 2 unspecified atom stereocenters. The molecule has 1 aliphatic heterocycles. The molecule has 0 aliphatic carbocycles. The van der Waals surface area contributed by atoms with Crippen LogP contribution in [-0.2, 0) is 29.9 Å². The first-order valence-electron chi connectivity index (χ1n) is 6.77. The van der Waals surface area contributed by atoms with Gasteiger partial charge in [-0.25, -0.2) is 15.0 Å². The lowest BCUT2D eigenvalue weighted by molar-refractivity contribution is -0.0466. The number of rotatable bonds is 6. The van der Waals surface area contributed by atoms with Gasteiger partial charge in [0.15, 0.2) is 17.7 Å². The molecular formula is C10H13N5O7P2S+2. The monoisotopic (exact) mass is 409 g/mol. The van der Waals surface area contributed by atoms with Crippen LogP contribution in [0.15, 0.2) is 12.7 Å². The van der Waals surface area contributed by atoms with Crippen LogP contribution in [0, 0.1) is 0 Å². The van der Waals surface area contributed by atoms with Gasteiger partial charge < -0.3 is 20.7 Å². The van der Waals surface area contributed by atoms with Gasteiger partial charge in [0.05, 0.1) is 6.33 Å². The van der Waals surface area contributed by atoms with Gasteiger partial charge in [-0.3, -0.25) is 4.57 Å². The van der Waals surface area contributed by atoms with Crippen molar-refractivity contribution in [2.75, 3.05) is 12.3 Å². The normalized spacial score (nSPS) is 27.6. The Balaban J connectivity index is 1.74. The molecule has 1 saturated heterocycles. The van der Waals surface area contributed by atoms with Crippen molar-refractivity contribution in [1.29, 1.82) is 0 Å². The highest BCUT2D eigenvalue weighted by molar-refractivity contribution is 8.01. The number of nitrogen functional groups attached to an aromatic ring is 1. The molecule has 25 heavy (non-hydrogen) atoms. The van der Waals surface area contributed by atoms with Crippen LogP contribution in [0.3, 0.4) is 0 Å². The number of aliphatic hydroxyl groups is 2. The molecule has 3 rings (SSSR count). The summed E-state index contributed by atoms with van der Waals surface area (Å²) in [5, 5.41) is 20.4. The summed E-state index contributed by atoms with van der Waals surface area (Å²) in [7, 11) is -4.93. The van der Waals surface area contributed by atoms with Gasteiger partial charge in [0.2, 0.25) is 11.8 Å². The van der Waals surface area contributed by atoms with Crippen molar-refractivity contribution in [3.05, 3.63) is 12.7 Å². The summed E-state index contributed by atoms with van der Waals surface area (Å²) in [5.41, 5.74) is 6.38. The lowest BCUT2D eigenvalue weighted by Gasteiger charge is -2.16. The summed E-state index contributed by atoms with van der Waals surface area (Å²) in [6.07, 6.45) is -1.92. The molecule has 1 aliphatic rings. The Kier molecular flexibility index (Phi) is 5.58. The first-order chi connectivity index (χ1) is 11.9. The number of ether oxygens (including phenoxy) is 1. The van der Waals surface area contributed by atoms with E-state index in [0.29, 0.717) is 11.2 Å². The minimum atomic E-state index is -2.89. The van der Waals surface area contributed by atoms with Crippen LogP contribution in [0.25, 0.3) is 11.2 Å². The summed E-state index contributed by atoms with van der Waals surface area (Å²) in [6, 6.07) is 0. The van der Waals surface area contributed by atoms with Gasteiger partial charge in [0, 0.05) is 4.57 Å². The van der Waals surface area contributed by atoms with E-state index >= 15 is 0 Å².